The van der Waals surface area contributed by atoms with Crippen molar-refractivity contribution in [3.63, 3.8) is 0 Å². The average molecular weight is 310 g/mol. The molecule has 0 spiro atoms. The number of nitrogens with zero attached hydrogens (tertiary/aromatic N) is 2. The highest BCUT2D eigenvalue weighted by Crippen LogP contribution is 2.16. The number of carbonyl (C=O) groups is 2. The van der Waals surface area contributed by atoms with Crippen molar-refractivity contribution in [1.82, 2.24) is 20.4 Å². The van der Waals surface area contributed by atoms with Crippen molar-refractivity contribution in [2.45, 2.75) is 51.7 Å². The van der Waals surface area contributed by atoms with Gasteiger partial charge in [-0.3, -0.25) is 14.7 Å². The van der Waals surface area contributed by atoms with Crippen LogP contribution < -0.4 is 5.32 Å². The number of likely N-dealkylation sites (tertiary alicyclic amines) is 1. The first-order chi connectivity index (χ1) is 10.4. The van der Waals surface area contributed by atoms with Gasteiger partial charge in [-0.05, 0) is 25.3 Å². The minimum absolute atomic E-state index is 0.112. The van der Waals surface area contributed by atoms with Crippen molar-refractivity contribution in [2.75, 3.05) is 13.1 Å². The van der Waals surface area contributed by atoms with E-state index in [0.717, 1.165) is 5.69 Å². The van der Waals surface area contributed by atoms with Crippen molar-refractivity contribution in [1.29, 1.82) is 0 Å². The van der Waals surface area contributed by atoms with E-state index in [1.54, 1.807) is 11.0 Å². The maximum Gasteiger partial charge on any atom is 0.274 e. The molecule has 0 saturated carbocycles. The lowest BCUT2D eigenvalue weighted by Crippen LogP contribution is -2.39. The molecule has 2 amide bonds. The van der Waals surface area contributed by atoms with E-state index in [2.05, 4.69) is 15.5 Å². The highest BCUT2D eigenvalue weighted by Gasteiger charge is 2.29. The number of carbonyl (C=O) groups excluding carboxylic acids is 2. The van der Waals surface area contributed by atoms with Gasteiger partial charge in [0.05, 0.1) is 6.42 Å². The summed E-state index contributed by atoms with van der Waals surface area (Å²) in [6, 6.07) is 1.66. The molecule has 1 fully saturated rings. The zero-order valence-corrected chi connectivity index (χ0v) is 13.2. The van der Waals surface area contributed by atoms with Gasteiger partial charge >= 0.3 is 0 Å². The van der Waals surface area contributed by atoms with Gasteiger partial charge in [-0.2, -0.15) is 5.10 Å². The molecule has 2 rings (SSSR count). The first kappa shape index (κ1) is 16.5. The molecular formula is C15H23FN4O2. The first-order valence-electron chi connectivity index (χ1n) is 7.64. The molecule has 2 atom stereocenters. The molecule has 7 heteroatoms. The van der Waals surface area contributed by atoms with E-state index < -0.39 is 6.17 Å². The van der Waals surface area contributed by atoms with Gasteiger partial charge in [0, 0.05) is 24.8 Å². The summed E-state index contributed by atoms with van der Waals surface area (Å²) in [4.78, 5) is 25.6. The molecule has 1 aromatic heterocycles. The summed E-state index contributed by atoms with van der Waals surface area (Å²) in [7, 11) is 0. The van der Waals surface area contributed by atoms with Crippen LogP contribution in [0.1, 0.15) is 55.7 Å². The van der Waals surface area contributed by atoms with Crippen LogP contribution in [0.3, 0.4) is 0 Å². The minimum Gasteiger partial charge on any atom is -0.351 e. The third-order valence-corrected chi connectivity index (χ3v) is 3.75. The lowest BCUT2D eigenvalue weighted by atomic mass is 10.1. The lowest BCUT2D eigenvalue weighted by molar-refractivity contribution is -0.122. The van der Waals surface area contributed by atoms with Crippen molar-refractivity contribution >= 4 is 11.8 Å². The van der Waals surface area contributed by atoms with Crippen LogP contribution in [0.4, 0.5) is 4.39 Å². The van der Waals surface area contributed by atoms with Gasteiger partial charge in [0.1, 0.15) is 11.9 Å². The van der Waals surface area contributed by atoms with Crippen molar-refractivity contribution in [3.8, 4) is 0 Å². The highest BCUT2D eigenvalue weighted by molar-refractivity contribution is 5.92. The topological polar surface area (TPSA) is 78.1 Å². The van der Waals surface area contributed by atoms with E-state index in [1.165, 1.54) is 6.92 Å². The molecule has 1 aromatic rings. The fourth-order valence-corrected chi connectivity index (χ4v) is 2.51. The number of aromatic amines is 1. The number of H-pyrrole nitrogens is 1. The molecule has 1 aliphatic heterocycles. The fourth-order valence-electron chi connectivity index (χ4n) is 2.51. The fraction of sp³-hybridized carbons (Fsp3) is 0.667. The summed E-state index contributed by atoms with van der Waals surface area (Å²) in [6.45, 7) is 6.41. The number of halogens is 1. The van der Waals surface area contributed by atoms with Crippen LogP contribution in [-0.2, 0) is 4.79 Å². The van der Waals surface area contributed by atoms with Gasteiger partial charge in [-0.15, -0.1) is 0 Å². The molecule has 6 nitrogen and oxygen atoms in total. The predicted octanol–water partition coefficient (Wildman–Crippen LogP) is 1.61. The summed E-state index contributed by atoms with van der Waals surface area (Å²) < 4.78 is 12.8. The molecule has 2 heterocycles. The second kappa shape index (κ2) is 6.89. The molecular weight excluding hydrogens is 287 g/mol. The SMILES string of the molecule is CC(F)CC(=O)NC1CCN(C(=O)c2cc(C(C)C)[nH]n2)C1. The summed E-state index contributed by atoms with van der Waals surface area (Å²) >= 11 is 0. The maximum absolute atomic E-state index is 12.8. The minimum atomic E-state index is -1.15. The summed E-state index contributed by atoms with van der Waals surface area (Å²) in [5.41, 5.74) is 1.32. The third kappa shape index (κ3) is 4.05. The van der Waals surface area contributed by atoms with Gasteiger partial charge < -0.3 is 10.2 Å². The molecule has 122 valence electrons. The van der Waals surface area contributed by atoms with Crippen LogP contribution in [0.15, 0.2) is 6.07 Å². The standard InChI is InChI=1S/C15H23FN4O2/c1-9(2)12-7-13(19-18-12)15(22)20-5-4-11(8-20)17-14(21)6-10(3)16/h7,9-11H,4-6,8H2,1-3H3,(H,17,21)(H,18,19). The van der Waals surface area contributed by atoms with Crippen LogP contribution in [0.25, 0.3) is 0 Å². The van der Waals surface area contributed by atoms with E-state index >= 15 is 0 Å². The number of hydrogen-bond donors (Lipinski definition) is 2. The quantitative estimate of drug-likeness (QED) is 0.867. The Balaban J connectivity index is 1.89. The Hall–Kier alpha value is -1.92. The smallest absolute Gasteiger partial charge is 0.274 e. The maximum atomic E-state index is 12.8. The molecule has 1 aliphatic rings. The predicted molar refractivity (Wildman–Crippen MR) is 80.3 cm³/mol. The van der Waals surface area contributed by atoms with Gasteiger partial charge in [0.2, 0.25) is 5.91 Å². The van der Waals surface area contributed by atoms with Crippen LogP contribution in [0.5, 0.6) is 0 Å². The van der Waals surface area contributed by atoms with E-state index in [-0.39, 0.29) is 30.2 Å². The summed E-state index contributed by atoms with van der Waals surface area (Å²) in [5, 5.41) is 9.69. The molecule has 0 aromatic carbocycles. The molecule has 2 N–H and O–H groups in total. The van der Waals surface area contributed by atoms with Crippen molar-refractivity contribution < 1.29 is 14.0 Å². The number of amides is 2. The Kier molecular flexibility index (Phi) is 5.15. The Morgan fingerprint density at radius 1 is 1.50 bits per heavy atom. The van der Waals surface area contributed by atoms with Crippen LogP contribution in [0, 0.1) is 0 Å². The molecule has 0 bridgehead atoms. The first-order valence-corrected chi connectivity index (χ1v) is 7.64. The normalized spacial score (nSPS) is 19.5. The van der Waals surface area contributed by atoms with Gasteiger partial charge in [-0.1, -0.05) is 13.8 Å². The van der Waals surface area contributed by atoms with Crippen LogP contribution in [0.2, 0.25) is 0 Å². The average Bonchev–Trinajstić information content (AvgIpc) is 3.05. The van der Waals surface area contributed by atoms with E-state index in [1.807, 2.05) is 13.8 Å². The number of alkyl halides is 1. The van der Waals surface area contributed by atoms with Gasteiger partial charge in [-0.25, -0.2) is 4.39 Å². The van der Waals surface area contributed by atoms with Crippen molar-refractivity contribution in [2.24, 2.45) is 0 Å². The molecule has 0 radical (unpaired) electrons. The monoisotopic (exact) mass is 310 g/mol. The van der Waals surface area contributed by atoms with Gasteiger partial charge in [0.15, 0.2) is 0 Å². The second-order valence-corrected chi connectivity index (χ2v) is 6.15. The summed E-state index contributed by atoms with van der Waals surface area (Å²) in [6.07, 6.45) is -0.612. The summed E-state index contributed by atoms with van der Waals surface area (Å²) in [5.74, 6) is -0.169. The number of aromatic nitrogens is 2. The Bertz CT molecular complexity index is 541. The van der Waals surface area contributed by atoms with E-state index in [4.69, 9.17) is 0 Å². The molecule has 1 saturated heterocycles. The Morgan fingerprint density at radius 3 is 2.82 bits per heavy atom. The zero-order chi connectivity index (χ0) is 16.3. The second-order valence-electron chi connectivity index (χ2n) is 6.15. The van der Waals surface area contributed by atoms with Crippen LogP contribution in [-0.4, -0.2) is 52.2 Å². The number of hydrogen-bond acceptors (Lipinski definition) is 3. The van der Waals surface area contributed by atoms with E-state index in [0.29, 0.717) is 25.2 Å². The largest absolute Gasteiger partial charge is 0.351 e. The number of nitrogens with one attached hydrogen (secondary N) is 2. The Morgan fingerprint density at radius 2 is 2.23 bits per heavy atom. The molecule has 22 heavy (non-hydrogen) atoms. The molecule has 2 unspecified atom stereocenters. The van der Waals surface area contributed by atoms with Crippen molar-refractivity contribution in [3.05, 3.63) is 17.5 Å². The van der Waals surface area contributed by atoms with Gasteiger partial charge in [0.25, 0.3) is 5.91 Å². The molecule has 0 aliphatic carbocycles. The lowest BCUT2D eigenvalue weighted by Gasteiger charge is -2.16. The third-order valence-electron chi connectivity index (χ3n) is 3.75. The van der Waals surface area contributed by atoms with E-state index in [9.17, 15) is 14.0 Å². The highest BCUT2D eigenvalue weighted by atomic mass is 19.1. The zero-order valence-electron chi connectivity index (χ0n) is 13.2. The number of rotatable bonds is 5. The Labute approximate surface area is 129 Å². The van der Waals surface area contributed by atoms with Crippen LogP contribution >= 0.6 is 0 Å².